The molecule has 3 aliphatic heterocycles. The molecule has 0 unspecified atom stereocenters. The zero-order valence-corrected chi connectivity index (χ0v) is 37.0. The van der Waals surface area contributed by atoms with Crippen LogP contribution in [-0.2, 0) is 16.8 Å². The summed E-state index contributed by atoms with van der Waals surface area (Å²) < 4.78 is 125. The Hall–Kier alpha value is -4.83. The molecule has 3 N–H and O–H groups in total. The largest absolute Gasteiger partial charge is 0.573 e. The number of piperidine rings is 3. The van der Waals surface area contributed by atoms with Crippen LogP contribution >= 0.6 is 0 Å². The molecule has 11 nitrogen and oxygen atoms in total. The fourth-order valence-corrected chi connectivity index (χ4v) is 8.24. The minimum atomic E-state index is -4.88. The number of benzene rings is 3. The van der Waals surface area contributed by atoms with Crippen molar-refractivity contribution in [2.45, 2.75) is 108 Å². The standard InChI is InChI=1S/C16H19F3N2O2.C15H17F3N2O2.C15H20F3NO2/c1-2-7-21-8-5-15(22,6-9-21)13-4-3-12(11-20)14(10-13)23-16(17,18)19;1-2-20-7-5-14(21,6-8-20)12-4-3-11(10-19)13(9-12)22-15(16,17)18;1-2-7-19-8-5-15(20,6-9-19)11-3-4-12(16)13(10-11)21-14(17)18/h3-4,10,22H,2,5-9H2,1H3;3-4,9,21H,2,5-8H2,1H3;3-4,10,14,20H,2,5-9H2,1H3. The van der Waals surface area contributed by atoms with E-state index in [1.165, 1.54) is 36.4 Å². The fraction of sp³-hybridized carbons (Fsp3) is 0.565. The van der Waals surface area contributed by atoms with Crippen molar-refractivity contribution >= 4 is 0 Å². The zero-order valence-electron chi connectivity index (χ0n) is 37.0. The summed E-state index contributed by atoms with van der Waals surface area (Å²) in [5.74, 6) is -2.52. The molecule has 66 heavy (non-hydrogen) atoms. The molecule has 364 valence electrons. The van der Waals surface area contributed by atoms with E-state index in [4.69, 9.17) is 10.5 Å². The Balaban J connectivity index is 0.000000217. The highest BCUT2D eigenvalue weighted by molar-refractivity contribution is 5.48. The van der Waals surface area contributed by atoms with Gasteiger partial charge in [0, 0.05) is 39.3 Å². The quantitative estimate of drug-likeness (QED) is 0.150. The van der Waals surface area contributed by atoms with E-state index in [0.29, 0.717) is 81.4 Å². The molecular formula is C46H56F9N5O6. The van der Waals surface area contributed by atoms with E-state index >= 15 is 0 Å². The van der Waals surface area contributed by atoms with Gasteiger partial charge in [0.05, 0.1) is 27.9 Å². The molecule has 0 atom stereocenters. The van der Waals surface area contributed by atoms with Gasteiger partial charge in [-0.2, -0.15) is 19.3 Å². The Morgan fingerprint density at radius 3 is 1.21 bits per heavy atom. The third kappa shape index (κ3) is 15.4. The second-order valence-corrected chi connectivity index (χ2v) is 16.5. The molecule has 0 aromatic heterocycles. The molecule has 0 saturated carbocycles. The number of rotatable bonds is 12. The highest BCUT2D eigenvalue weighted by Crippen LogP contribution is 2.39. The van der Waals surface area contributed by atoms with Crippen LogP contribution in [0.3, 0.4) is 0 Å². The Labute approximate surface area is 378 Å². The van der Waals surface area contributed by atoms with Gasteiger partial charge in [-0.1, -0.05) is 39.0 Å². The number of likely N-dealkylation sites (tertiary alicyclic amines) is 3. The van der Waals surface area contributed by atoms with Crippen molar-refractivity contribution < 1.29 is 69.0 Å². The minimum Gasteiger partial charge on any atom is -0.432 e. The molecule has 0 amide bonds. The van der Waals surface area contributed by atoms with Crippen LogP contribution in [0, 0.1) is 28.5 Å². The first-order chi connectivity index (χ1) is 31.0. The van der Waals surface area contributed by atoms with Gasteiger partial charge in [0.15, 0.2) is 11.6 Å². The maximum atomic E-state index is 13.4. The molecule has 3 aromatic carbocycles. The smallest absolute Gasteiger partial charge is 0.432 e. The Morgan fingerprint density at radius 1 is 0.576 bits per heavy atom. The Bertz CT molecular complexity index is 2100. The Morgan fingerprint density at radius 2 is 0.909 bits per heavy atom. The van der Waals surface area contributed by atoms with E-state index in [-0.39, 0.29) is 11.1 Å². The van der Waals surface area contributed by atoms with E-state index in [2.05, 4.69) is 42.8 Å². The molecule has 3 aromatic rings. The molecule has 0 radical (unpaired) electrons. The van der Waals surface area contributed by atoms with Gasteiger partial charge in [-0.15, -0.1) is 26.3 Å². The maximum absolute atomic E-state index is 13.4. The second-order valence-electron chi connectivity index (χ2n) is 16.5. The molecule has 3 fully saturated rings. The lowest BCUT2D eigenvalue weighted by Gasteiger charge is -2.38. The van der Waals surface area contributed by atoms with Crippen LogP contribution in [0.15, 0.2) is 54.6 Å². The maximum Gasteiger partial charge on any atom is 0.573 e. The number of nitriles is 2. The number of hydrogen-bond donors (Lipinski definition) is 3. The third-order valence-electron chi connectivity index (χ3n) is 12.0. The summed E-state index contributed by atoms with van der Waals surface area (Å²) in [6.07, 6.45) is -4.99. The molecule has 0 aliphatic carbocycles. The number of nitrogens with zero attached hydrogens (tertiary/aromatic N) is 5. The predicted molar refractivity (Wildman–Crippen MR) is 224 cm³/mol. The first-order valence-electron chi connectivity index (χ1n) is 21.7. The van der Waals surface area contributed by atoms with Crippen molar-refractivity contribution in [3.63, 3.8) is 0 Å². The zero-order chi connectivity index (χ0) is 48.9. The summed E-state index contributed by atoms with van der Waals surface area (Å²) in [5.41, 5.74) is -2.79. The van der Waals surface area contributed by atoms with Gasteiger partial charge in [0.25, 0.3) is 0 Å². The number of hydrogen-bond acceptors (Lipinski definition) is 11. The van der Waals surface area contributed by atoms with E-state index in [9.17, 15) is 54.8 Å². The van der Waals surface area contributed by atoms with Crippen LogP contribution in [-0.4, -0.2) is 108 Å². The SMILES string of the molecule is CCCN1CCC(O)(c2ccc(C#N)c(OC(F)(F)F)c2)CC1.CCCN1CCC(O)(c2ccc(F)c(OC(F)F)c2)CC1.CCN1CCC(O)(c2ccc(C#N)c(OC(F)(F)F)c2)CC1. The molecule has 6 rings (SSSR count). The summed E-state index contributed by atoms with van der Waals surface area (Å²) in [4.78, 5) is 6.62. The monoisotopic (exact) mass is 945 g/mol. The number of halogens is 9. The van der Waals surface area contributed by atoms with Crippen LogP contribution in [0.2, 0.25) is 0 Å². The van der Waals surface area contributed by atoms with E-state index in [1.54, 1.807) is 12.1 Å². The van der Waals surface area contributed by atoms with Gasteiger partial charge in [0.2, 0.25) is 0 Å². The minimum absolute atomic E-state index is 0.210. The van der Waals surface area contributed by atoms with Gasteiger partial charge in [0.1, 0.15) is 23.6 Å². The predicted octanol–water partition coefficient (Wildman–Crippen LogP) is 9.03. The summed E-state index contributed by atoms with van der Waals surface area (Å²) in [7, 11) is 0. The van der Waals surface area contributed by atoms with Crippen molar-refractivity contribution in [2.24, 2.45) is 0 Å². The van der Waals surface area contributed by atoms with Gasteiger partial charge in [-0.05, 0) is 124 Å². The highest BCUT2D eigenvalue weighted by Gasteiger charge is 2.39. The van der Waals surface area contributed by atoms with Crippen molar-refractivity contribution in [3.8, 4) is 29.4 Å². The van der Waals surface area contributed by atoms with Crippen molar-refractivity contribution in [3.05, 3.63) is 88.2 Å². The van der Waals surface area contributed by atoms with Crippen LogP contribution in [0.5, 0.6) is 17.2 Å². The van der Waals surface area contributed by atoms with Gasteiger partial charge in [-0.3, -0.25) is 0 Å². The molecule has 3 aliphatic rings. The fourth-order valence-electron chi connectivity index (χ4n) is 8.24. The molecule has 3 heterocycles. The topological polar surface area (TPSA) is 146 Å². The first kappa shape index (κ1) is 53.8. The lowest BCUT2D eigenvalue weighted by atomic mass is 9.84. The Kier molecular flexibility index (Phi) is 19.0. The van der Waals surface area contributed by atoms with Crippen LogP contribution < -0.4 is 14.2 Å². The lowest BCUT2D eigenvalue weighted by Crippen LogP contribution is -2.42. The molecular weight excluding hydrogens is 890 g/mol. The van der Waals surface area contributed by atoms with Crippen LogP contribution in [0.4, 0.5) is 39.5 Å². The molecule has 3 saturated heterocycles. The normalized spacial score (nSPS) is 18.7. The number of aliphatic hydroxyl groups is 3. The number of ether oxygens (including phenoxy) is 3. The third-order valence-corrected chi connectivity index (χ3v) is 12.0. The van der Waals surface area contributed by atoms with Gasteiger partial charge >= 0.3 is 19.3 Å². The average Bonchev–Trinajstić information content (AvgIpc) is 3.26. The summed E-state index contributed by atoms with van der Waals surface area (Å²) in [6.45, 7) is 10.0. The van der Waals surface area contributed by atoms with E-state index < -0.39 is 59.2 Å². The van der Waals surface area contributed by atoms with Gasteiger partial charge in [-0.25, -0.2) is 4.39 Å². The average molecular weight is 946 g/mol. The van der Waals surface area contributed by atoms with Crippen molar-refractivity contribution in [1.82, 2.24) is 14.7 Å². The van der Waals surface area contributed by atoms with Crippen LogP contribution in [0.25, 0.3) is 0 Å². The van der Waals surface area contributed by atoms with Crippen molar-refractivity contribution in [1.29, 1.82) is 10.5 Å². The number of alkyl halides is 8. The molecule has 0 spiro atoms. The summed E-state index contributed by atoms with van der Waals surface area (Å²) in [6, 6.07) is 14.7. The summed E-state index contributed by atoms with van der Waals surface area (Å²) >= 11 is 0. The highest BCUT2D eigenvalue weighted by atomic mass is 19.4. The molecule has 0 bridgehead atoms. The van der Waals surface area contributed by atoms with Crippen LogP contribution in [0.1, 0.15) is 100.0 Å². The second kappa shape index (κ2) is 23.3. The lowest BCUT2D eigenvalue weighted by molar-refractivity contribution is -0.275. The van der Waals surface area contributed by atoms with Gasteiger partial charge < -0.3 is 44.2 Å². The van der Waals surface area contributed by atoms with E-state index in [0.717, 1.165) is 63.8 Å². The first-order valence-corrected chi connectivity index (χ1v) is 21.7. The van der Waals surface area contributed by atoms with Crippen molar-refractivity contribution in [2.75, 3.05) is 58.9 Å². The molecule has 20 heteroatoms. The summed E-state index contributed by atoms with van der Waals surface area (Å²) in [5, 5.41) is 49.9. The van der Waals surface area contributed by atoms with E-state index in [1.807, 2.05) is 6.92 Å².